The van der Waals surface area contributed by atoms with E-state index in [1.54, 1.807) is 12.3 Å². The molecule has 0 aliphatic rings. The maximum Gasteiger partial charge on any atom is 0.359 e. The molecule has 0 unspecified atom stereocenters. The van der Waals surface area contributed by atoms with Crippen molar-refractivity contribution >= 4 is 17.5 Å². The van der Waals surface area contributed by atoms with Crippen LogP contribution in [-0.2, 0) is 16.0 Å². The Morgan fingerprint density at radius 2 is 2.21 bits per heavy atom. The van der Waals surface area contributed by atoms with E-state index in [-0.39, 0.29) is 29.8 Å². The zero-order valence-electron chi connectivity index (χ0n) is 10.2. The summed E-state index contributed by atoms with van der Waals surface area (Å²) in [5.74, 6) is -1.37. The molecule has 0 fully saturated rings. The lowest BCUT2D eigenvalue weighted by molar-refractivity contribution is -0.137. The van der Waals surface area contributed by atoms with Gasteiger partial charge in [-0.3, -0.25) is 9.20 Å². The molecule has 0 amide bonds. The Labute approximate surface area is 108 Å². The topological polar surface area (TPSA) is 101 Å². The summed E-state index contributed by atoms with van der Waals surface area (Å²) in [6.07, 6.45) is 1.64. The van der Waals surface area contributed by atoms with Crippen molar-refractivity contribution in [2.45, 2.75) is 12.8 Å². The Balaban J connectivity index is 2.56. The third-order valence-electron chi connectivity index (χ3n) is 2.66. The molecule has 0 spiro atoms. The molecule has 2 rings (SSSR count). The van der Waals surface area contributed by atoms with Gasteiger partial charge in [0.15, 0.2) is 5.69 Å². The number of hydrogen-bond donors (Lipinski definition) is 2. The lowest BCUT2D eigenvalue weighted by atomic mass is 10.3. The molecule has 0 radical (unpaired) electrons. The highest BCUT2D eigenvalue weighted by molar-refractivity contribution is 5.96. The number of fused-ring (bicyclic) bond motifs is 1. The number of aryl methyl sites for hydroxylation is 1. The smallest absolute Gasteiger partial charge is 0.359 e. The van der Waals surface area contributed by atoms with Crippen LogP contribution in [0.1, 0.15) is 22.7 Å². The van der Waals surface area contributed by atoms with Gasteiger partial charge in [0.25, 0.3) is 0 Å². The Morgan fingerprint density at radius 1 is 1.47 bits per heavy atom. The number of nitrogens with zero attached hydrogens (tertiary/aromatic N) is 2. The molecule has 0 aliphatic carbocycles. The molecule has 0 aliphatic heterocycles. The number of carbonyl (C=O) groups excluding carboxylic acids is 1. The van der Waals surface area contributed by atoms with Crippen molar-refractivity contribution in [2.75, 3.05) is 7.11 Å². The number of esters is 1. The second kappa shape index (κ2) is 4.97. The summed E-state index contributed by atoms with van der Waals surface area (Å²) in [5.41, 5.74) is 0.190. The quantitative estimate of drug-likeness (QED) is 0.794. The van der Waals surface area contributed by atoms with Crippen molar-refractivity contribution in [1.29, 1.82) is 0 Å². The fourth-order valence-corrected chi connectivity index (χ4v) is 1.82. The molecular formula is C12H12N2O5. The summed E-state index contributed by atoms with van der Waals surface area (Å²) in [5, 5.41) is 18.5. The Hall–Kier alpha value is -2.57. The van der Waals surface area contributed by atoms with Crippen LogP contribution in [0, 0.1) is 0 Å². The predicted octanol–water partition coefficient (Wildman–Crippen LogP) is 0.844. The average molecular weight is 264 g/mol. The van der Waals surface area contributed by atoms with E-state index in [1.807, 2.05) is 0 Å². The lowest BCUT2D eigenvalue weighted by Gasteiger charge is -2.01. The summed E-state index contributed by atoms with van der Waals surface area (Å²) in [6.45, 7) is 0. The summed E-state index contributed by atoms with van der Waals surface area (Å²) in [6, 6.07) is 3.00. The molecule has 0 bridgehead atoms. The van der Waals surface area contributed by atoms with E-state index >= 15 is 0 Å². The van der Waals surface area contributed by atoms with Crippen molar-refractivity contribution in [3.8, 4) is 5.75 Å². The molecule has 2 heterocycles. The Kier molecular flexibility index (Phi) is 3.37. The van der Waals surface area contributed by atoms with Gasteiger partial charge in [0.05, 0.1) is 13.5 Å². The predicted molar refractivity (Wildman–Crippen MR) is 64.2 cm³/mol. The summed E-state index contributed by atoms with van der Waals surface area (Å²) in [7, 11) is 1.21. The normalized spacial score (nSPS) is 10.6. The summed E-state index contributed by atoms with van der Waals surface area (Å²) >= 11 is 0. The molecule has 100 valence electrons. The number of hydrogen-bond acceptors (Lipinski definition) is 5. The van der Waals surface area contributed by atoms with Crippen LogP contribution >= 0.6 is 0 Å². The van der Waals surface area contributed by atoms with Gasteiger partial charge in [0, 0.05) is 12.6 Å². The second-order valence-corrected chi connectivity index (χ2v) is 3.87. The Morgan fingerprint density at radius 3 is 2.84 bits per heavy atom. The van der Waals surface area contributed by atoms with E-state index in [4.69, 9.17) is 5.11 Å². The van der Waals surface area contributed by atoms with Gasteiger partial charge in [-0.1, -0.05) is 0 Å². The number of pyridine rings is 1. The zero-order chi connectivity index (χ0) is 14.0. The molecule has 2 aromatic heterocycles. The fourth-order valence-electron chi connectivity index (χ4n) is 1.82. The monoisotopic (exact) mass is 264 g/mol. The number of aromatic nitrogens is 2. The highest BCUT2D eigenvalue weighted by Crippen LogP contribution is 2.24. The van der Waals surface area contributed by atoms with E-state index in [0.29, 0.717) is 5.82 Å². The van der Waals surface area contributed by atoms with Crippen molar-refractivity contribution in [1.82, 2.24) is 9.38 Å². The number of carboxylic acids is 1. The van der Waals surface area contributed by atoms with Gasteiger partial charge in [0.2, 0.25) is 0 Å². The van der Waals surface area contributed by atoms with Crippen LogP contribution in [-0.4, -0.2) is 38.6 Å². The number of aliphatic carboxylic acids is 1. The van der Waals surface area contributed by atoms with Crippen molar-refractivity contribution in [3.05, 3.63) is 29.8 Å². The van der Waals surface area contributed by atoms with Crippen LogP contribution < -0.4 is 0 Å². The standard InChI is InChI=1S/C12H12N2O5/c1-19-12(18)10-11-7(15)3-2-6-14(11)8(13-10)4-5-9(16)17/h2-3,6,15H,4-5H2,1H3,(H,16,17). The maximum atomic E-state index is 11.6. The summed E-state index contributed by atoms with van der Waals surface area (Å²) in [4.78, 5) is 26.3. The molecule has 19 heavy (non-hydrogen) atoms. The minimum absolute atomic E-state index is 0.0269. The highest BCUT2D eigenvalue weighted by Gasteiger charge is 2.20. The molecule has 0 aromatic carbocycles. The van der Waals surface area contributed by atoms with Gasteiger partial charge in [0.1, 0.15) is 17.1 Å². The van der Waals surface area contributed by atoms with Crippen LogP contribution in [0.5, 0.6) is 5.75 Å². The van der Waals surface area contributed by atoms with Crippen molar-refractivity contribution in [3.63, 3.8) is 0 Å². The SMILES string of the molecule is COC(=O)c1nc(CCC(=O)O)n2cccc(O)c12. The first-order valence-corrected chi connectivity index (χ1v) is 5.53. The van der Waals surface area contributed by atoms with Gasteiger partial charge in [-0.25, -0.2) is 9.78 Å². The largest absolute Gasteiger partial charge is 0.506 e. The lowest BCUT2D eigenvalue weighted by Crippen LogP contribution is -2.03. The van der Waals surface area contributed by atoms with Crippen molar-refractivity contribution < 1.29 is 24.5 Å². The number of methoxy groups -OCH3 is 1. The second-order valence-electron chi connectivity index (χ2n) is 3.87. The first-order chi connectivity index (χ1) is 9.04. The maximum absolute atomic E-state index is 11.6. The van der Waals surface area contributed by atoms with E-state index < -0.39 is 11.9 Å². The number of carbonyl (C=O) groups is 2. The van der Waals surface area contributed by atoms with E-state index in [1.165, 1.54) is 17.6 Å². The molecule has 0 atom stereocenters. The number of carboxylic acid groups (broad SMARTS) is 1. The summed E-state index contributed by atoms with van der Waals surface area (Å²) < 4.78 is 6.09. The minimum Gasteiger partial charge on any atom is -0.506 e. The highest BCUT2D eigenvalue weighted by atomic mass is 16.5. The van der Waals surface area contributed by atoms with E-state index in [0.717, 1.165) is 0 Å². The third-order valence-corrected chi connectivity index (χ3v) is 2.66. The van der Waals surface area contributed by atoms with Gasteiger partial charge in [-0.15, -0.1) is 0 Å². The van der Waals surface area contributed by atoms with Gasteiger partial charge in [-0.05, 0) is 12.1 Å². The molecule has 0 saturated carbocycles. The average Bonchev–Trinajstić information content (AvgIpc) is 2.76. The van der Waals surface area contributed by atoms with Crippen LogP contribution in [0.25, 0.3) is 5.52 Å². The first kappa shape index (κ1) is 12.9. The number of ether oxygens (including phenoxy) is 1. The fraction of sp³-hybridized carbons (Fsp3) is 0.250. The Bertz CT molecular complexity index is 647. The number of rotatable bonds is 4. The molecular weight excluding hydrogens is 252 g/mol. The van der Waals surface area contributed by atoms with E-state index in [2.05, 4.69) is 9.72 Å². The third kappa shape index (κ3) is 2.35. The molecule has 2 aromatic rings. The van der Waals surface area contributed by atoms with Crippen LogP contribution in [0.2, 0.25) is 0 Å². The van der Waals surface area contributed by atoms with Gasteiger partial charge < -0.3 is 14.9 Å². The van der Waals surface area contributed by atoms with Crippen molar-refractivity contribution in [2.24, 2.45) is 0 Å². The first-order valence-electron chi connectivity index (χ1n) is 5.53. The van der Waals surface area contributed by atoms with Crippen LogP contribution in [0.15, 0.2) is 18.3 Å². The van der Waals surface area contributed by atoms with Gasteiger partial charge >= 0.3 is 11.9 Å². The molecule has 7 heteroatoms. The number of aromatic hydroxyl groups is 1. The molecule has 7 nitrogen and oxygen atoms in total. The molecule has 2 N–H and O–H groups in total. The zero-order valence-corrected chi connectivity index (χ0v) is 10.2. The van der Waals surface area contributed by atoms with Gasteiger partial charge in [-0.2, -0.15) is 0 Å². The minimum atomic E-state index is -0.962. The van der Waals surface area contributed by atoms with E-state index in [9.17, 15) is 14.7 Å². The van der Waals surface area contributed by atoms with Crippen LogP contribution in [0.3, 0.4) is 0 Å². The number of imidazole rings is 1. The molecule has 0 saturated heterocycles. The van der Waals surface area contributed by atoms with Crippen LogP contribution in [0.4, 0.5) is 0 Å².